The fourth-order valence-corrected chi connectivity index (χ4v) is 3.32. The van der Waals surface area contributed by atoms with E-state index in [0.29, 0.717) is 12.5 Å². The molecule has 2 unspecified atom stereocenters. The second-order valence-corrected chi connectivity index (χ2v) is 6.94. The van der Waals surface area contributed by atoms with Crippen LogP contribution in [0, 0.1) is 12.8 Å². The molecule has 5 nitrogen and oxygen atoms in total. The number of ether oxygens (including phenoxy) is 1. The zero-order valence-electron chi connectivity index (χ0n) is 16.3. The van der Waals surface area contributed by atoms with E-state index in [4.69, 9.17) is 10.5 Å². The van der Waals surface area contributed by atoms with Crippen molar-refractivity contribution in [1.82, 2.24) is 5.32 Å². The summed E-state index contributed by atoms with van der Waals surface area (Å²) in [5.41, 5.74) is 9.25. The lowest BCUT2D eigenvalue weighted by atomic mass is 10.0. The Labute approximate surface area is 179 Å². The van der Waals surface area contributed by atoms with Gasteiger partial charge in [0.2, 0.25) is 5.91 Å². The number of nitrogens with two attached hydrogens (primary N) is 1. The minimum Gasteiger partial charge on any atom is -0.497 e. The number of methoxy groups -OCH3 is 1. The number of hydrogen-bond donors (Lipinski definition) is 2. The van der Waals surface area contributed by atoms with Crippen molar-refractivity contribution in [1.29, 1.82) is 0 Å². The Morgan fingerprint density at radius 2 is 1.96 bits per heavy atom. The highest BCUT2D eigenvalue weighted by atomic mass is 35.5. The van der Waals surface area contributed by atoms with Crippen molar-refractivity contribution in [2.24, 2.45) is 11.7 Å². The van der Waals surface area contributed by atoms with Gasteiger partial charge in [-0.3, -0.25) is 4.79 Å². The molecular weight excluding hydrogens is 397 g/mol. The van der Waals surface area contributed by atoms with E-state index in [1.54, 1.807) is 7.11 Å². The van der Waals surface area contributed by atoms with Crippen molar-refractivity contribution in [2.45, 2.75) is 19.4 Å². The van der Waals surface area contributed by atoms with Crippen molar-refractivity contribution in [3.63, 3.8) is 0 Å². The summed E-state index contributed by atoms with van der Waals surface area (Å²) in [4.78, 5) is 14.7. The Balaban J connectivity index is 0.00000196. The summed E-state index contributed by atoms with van der Waals surface area (Å²) in [6.07, 6.45) is 1.05. The summed E-state index contributed by atoms with van der Waals surface area (Å²) < 4.78 is 5.30. The predicted molar refractivity (Wildman–Crippen MR) is 119 cm³/mol. The number of nitrogens with one attached hydrogen (secondary N) is 1. The number of rotatable bonds is 6. The summed E-state index contributed by atoms with van der Waals surface area (Å²) in [5.74, 6) is 1.17. The summed E-state index contributed by atoms with van der Waals surface area (Å²) in [6, 6.07) is 15.3. The highest BCUT2D eigenvalue weighted by Crippen LogP contribution is 2.26. The van der Waals surface area contributed by atoms with Crippen LogP contribution in [0.25, 0.3) is 0 Å². The highest BCUT2D eigenvalue weighted by molar-refractivity contribution is 5.85. The lowest BCUT2D eigenvalue weighted by Crippen LogP contribution is -2.37. The monoisotopic (exact) mass is 425 g/mol. The van der Waals surface area contributed by atoms with E-state index in [1.165, 1.54) is 0 Å². The Morgan fingerprint density at radius 3 is 2.64 bits per heavy atom. The van der Waals surface area contributed by atoms with E-state index in [2.05, 4.69) is 16.3 Å². The number of halogens is 2. The van der Waals surface area contributed by atoms with Gasteiger partial charge >= 0.3 is 0 Å². The molecule has 2 aromatic rings. The first-order chi connectivity index (χ1) is 12.6. The largest absolute Gasteiger partial charge is 0.497 e. The molecule has 1 aliphatic heterocycles. The van der Waals surface area contributed by atoms with Crippen LogP contribution >= 0.6 is 24.8 Å². The van der Waals surface area contributed by atoms with E-state index in [0.717, 1.165) is 42.1 Å². The Morgan fingerprint density at radius 1 is 1.25 bits per heavy atom. The lowest BCUT2D eigenvalue weighted by molar-refractivity contribution is -0.122. The van der Waals surface area contributed by atoms with Gasteiger partial charge in [0.1, 0.15) is 11.8 Å². The van der Waals surface area contributed by atoms with Crippen molar-refractivity contribution in [3.8, 4) is 5.75 Å². The molecule has 0 saturated carbocycles. The number of amides is 1. The second kappa shape index (κ2) is 11.1. The molecule has 1 aliphatic rings. The van der Waals surface area contributed by atoms with Crippen molar-refractivity contribution in [2.75, 3.05) is 31.6 Å². The first-order valence-electron chi connectivity index (χ1n) is 9.05. The fraction of sp³-hybridized carbons (Fsp3) is 0.381. The molecule has 154 valence electrons. The quantitative estimate of drug-likeness (QED) is 0.742. The normalized spacial score (nSPS) is 16.5. The maximum Gasteiger partial charge on any atom is 0.241 e. The number of hydrogen-bond acceptors (Lipinski definition) is 4. The summed E-state index contributed by atoms with van der Waals surface area (Å²) in [6.45, 7) is 4.58. The van der Waals surface area contributed by atoms with Crippen molar-refractivity contribution in [3.05, 3.63) is 59.7 Å². The van der Waals surface area contributed by atoms with E-state index in [-0.39, 0.29) is 30.7 Å². The molecule has 0 bridgehead atoms. The number of aryl methyl sites for hydroxylation is 1. The third-order valence-corrected chi connectivity index (χ3v) is 4.99. The molecule has 1 saturated heterocycles. The third-order valence-electron chi connectivity index (χ3n) is 4.99. The SMILES string of the molecule is COc1cccc(N2CCC(CNC(=O)C(N)c3ccc(C)cc3)C2)c1.Cl.Cl. The Kier molecular flexibility index (Phi) is 9.59. The number of benzene rings is 2. The van der Waals surface area contributed by atoms with Crippen molar-refractivity contribution < 1.29 is 9.53 Å². The molecular formula is C21H29Cl2N3O2. The second-order valence-electron chi connectivity index (χ2n) is 6.94. The highest BCUT2D eigenvalue weighted by Gasteiger charge is 2.24. The van der Waals surface area contributed by atoms with Gasteiger partial charge in [0.05, 0.1) is 7.11 Å². The maximum atomic E-state index is 12.4. The lowest BCUT2D eigenvalue weighted by Gasteiger charge is -2.20. The maximum absolute atomic E-state index is 12.4. The van der Waals surface area contributed by atoms with Crippen LogP contribution in [0.2, 0.25) is 0 Å². The zero-order chi connectivity index (χ0) is 18.5. The van der Waals surface area contributed by atoms with Gasteiger partial charge in [-0.05, 0) is 37.0 Å². The molecule has 0 aliphatic carbocycles. The summed E-state index contributed by atoms with van der Waals surface area (Å²) >= 11 is 0. The van der Waals surface area contributed by atoms with Crippen LogP contribution in [-0.2, 0) is 4.79 Å². The van der Waals surface area contributed by atoms with Crippen LogP contribution in [-0.4, -0.2) is 32.7 Å². The third kappa shape index (κ3) is 6.03. The minimum atomic E-state index is -0.619. The molecule has 1 amide bonds. The van der Waals surface area contributed by atoms with Crippen LogP contribution < -0.4 is 20.7 Å². The standard InChI is InChI=1S/C21H27N3O2.2ClH/c1-15-6-8-17(9-7-15)20(22)21(25)23-13-16-10-11-24(14-16)18-4-3-5-19(12-18)26-2;;/h3-9,12,16,20H,10-11,13-14,22H2,1-2H3,(H,23,25);2*1H. The van der Waals surface area contributed by atoms with Gasteiger partial charge in [-0.2, -0.15) is 0 Å². The first kappa shape index (κ1) is 24.1. The molecule has 1 fully saturated rings. The Bertz CT molecular complexity index is 756. The topological polar surface area (TPSA) is 67.6 Å². The molecule has 2 atom stereocenters. The van der Waals surface area contributed by atoms with Crippen LogP contribution in [0.5, 0.6) is 5.75 Å². The molecule has 0 spiro atoms. The Hall–Kier alpha value is -1.95. The average molecular weight is 426 g/mol. The molecule has 0 aromatic heterocycles. The molecule has 3 N–H and O–H groups in total. The van der Waals surface area contributed by atoms with E-state index in [1.807, 2.05) is 49.4 Å². The van der Waals surface area contributed by atoms with Gasteiger partial charge < -0.3 is 20.7 Å². The average Bonchev–Trinajstić information content (AvgIpc) is 3.15. The number of nitrogens with zero attached hydrogens (tertiary/aromatic N) is 1. The van der Waals surface area contributed by atoms with Gasteiger partial charge in [-0.25, -0.2) is 0 Å². The van der Waals surface area contributed by atoms with Crippen LogP contribution in [0.3, 0.4) is 0 Å². The number of anilines is 1. The molecule has 3 rings (SSSR count). The molecule has 0 radical (unpaired) electrons. The smallest absolute Gasteiger partial charge is 0.241 e. The molecule has 7 heteroatoms. The fourth-order valence-electron chi connectivity index (χ4n) is 3.32. The summed E-state index contributed by atoms with van der Waals surface area (Å²) in [5, 5.41) is 3.02. The van der Waals surface area contributed by atoms with E-state index in [9.17, 15) is 4.79 Å². The van der Waals surface area contributed by atoms with E-state index < -0.39 is 6.04 Å². The van der Waals surface area contributed by atoms with Crippen LogP contribution in [0.4, 0.5) is 5.69 Å². The molecule has 2 aromatic carbocycles. The minimum absolute atomic E-state index is 0. The summed E-state index contributed by atoms with van der Waals surface area (Å²) in [7, 11) is 1.68. The molecule has 28 heavy (non-hydrogen) atoms. The van der Waals surface area contributed by atoms with E-state index >= 15 is 0 Å². The zero-order valence-corrected chi connectivity index (χ0v) is 17.9. The predicted octanol–water partition coefficient (Wildman–Crippen LogP) is 3.49. The van der Waals surface area contributed by atoms with Crippen molar-refractivity contribution >= 4 is 36.4 Å². The van der Waals surface area contributed by atoms with Gasteiger partial charge in [-0.1, -0.05) is 35.9 Å². The van der Waals surface area contributed by atoms with Gasteiger partial charge in [0.25, 0.3) is 0 Å². The first-order valence-corrected chi connectivity index (χ1v) is 9.05. The molecule has 1 heterocycles. The van der Waals surface area contributed by atoms with Gasteiger partial charge in [-0.15, -0.1) is 24.8 Å². The van der Waals surface area contributed by atoms with Gasteiger partial charge in [0, 0.05) is 31.4 Å². The van der Waals surface area contributed by atoms with Crippen LogP contribution in [0.15, 0.2) is 48.5 Å². The number of carbonyl (C=O) groups is 1. The van der Waals surface area contributed by atoms with Gasteiger partial charge in [0.15, 0.2) is 0 Å². The number of carbonyl (C=O) groups excluding carboxylic acids is 1. The van der Waals surface area contributed by atoms with Crippen LogP contribution in [0.1, 0.15) is 23.6 Å².